The fraction of sp³-hybridized carbons (Fsp3) is 0.640. The van der Waals surface area contributed by atoms with E-state index in [4.69, 9.17) is 19.8 Å². The Kier molecular flexibility index (Phi) is 13.7. The van der Waals surface area contributed by atoms with Crippen LogP contribution in [0, 0.1) is 0 Å². The van der Waals surface area contributed by atoms with Gasteiger partial charge in [-0.05, 0) is 63.9 Å². The van der Waals surface area contributed by atoms with Crippen LogP contribution in [-0.4, -0.2) is 113 Å². The molecule has 1 aromatic rings. The Morgan fingerprint density at radius 3 is 2.00 bits per heavy atom. The first kappa shape index (κ1) is 35.0. The first-order valence-electron chi connectivity index (χ1n) is 12.5. The molecule has 2 saturated heterocycles. The van der Waals surface area contributed by atoms with Crippen LogP contribution >= 0.6 is 0 Å². The Balaban J connectivity index is 0.000000473. The highest BCUT2D eigenvalue weighted by molar-refractivity contribution is 5.77. The number of carbonyl (C=O) groups excluding carboxylic acids is 1. The number of aromatic hydroxyl groups is 1. The molecule has 3 rings (SSSR count). The summed E-state index contributed by atoms with van der Waals surface area (Å²) in [6.45, 7) is 3.99. The minimum Gasteiger partial charge on any atom is -0.508 e. The number of likely N-dealkylation sites (tertiary alicyclic amines) is 1. The molecule has 0 radical (unpaired) electrons. The third-order valence-electron chi connectivity index (χ3n) is 6.50. The molecule has 2 fully saturated rings. The number of aryl methyl sites for hydroxylation is 1. The Bertz CT molecular complexity index is 951. The van der Waals surface area contributed by atoms with E-state index in [1.165, 1.54) is 6.42 Å². The van der Waals surface area contributed by atoms with Gasteiger partial charge in [0.05, 0.1) is 0 Å². The molecule has 0 bridgehead atoms. The van der Waals surface area contributed by atoms with Crippen molar-refractivity contribution in [1.82, 2.24) is 14.7 Å². The molecule has 0 aliphatic carbocycles. The van der Waals surface area contributed by atoms with E-state index in [-0.39, 0.29) is 0 Å². The van der Waals surface area contributed by atoms with Gasteiger partial charge in [0.2, 0.25) is 5.91 Å². The fourth-order valence-corrected chi connectivity index (χ4v) is 4.31. The van der Waals surface area contributed by atoms with Crippen LogP contribution in [0.2, 0.25) is 0 Å². The lowest BCUT2D eigenvalue weighted by atomic mass is 9.95. The molecule has 40 heavy (non-hydrogen) atoms. The molecule has 2 heterocycles. The van der Waals surface area contributed by atoms with Gasteiger partial charge in [-0.15, -0.1) is 0 Å². The minimum absolute atomic E-state index is 0.317. The SMILES string of the molecule is CN1CCN(C)C(CC(=O)N2CCCCC2CCc2cccc(O)c2)C1.O=C(O)C(F)(F)F.O=C(O)C(F)(F)F. The van der Waals surface area contributed by atoms with Crippen LogP contribution in [-0.2, 0) is 20.8 Å². The van der Waals surface area contributed by atoms with E-state index >= 15 is 0 Å². The number of benzene rings is 1. The molecule has 15 heteroatoms. The maximum Gasteiger partial charge on any atom is 0.490 e. The molecule has 2 unspecified atom stereocenters. The number of rotatable bonds is 5. The van der Waals surface area contributed by atoms with Crippen LogP contribution in [0.1, 0.15) is 37.7 Å². The molecular formula is C25H35F6N3O6. The van der Waals surface area contributed by atoms with E-state index < -0.39 is 24.3 Å². The van der Waals surface area contributed by atoms with Gasteiger partial charge in [-0.3, -0.25) is 4.79 Å². The van der Waals surface area contributed by atoms with E-state index in [9.17, 15) is 36.2 Å². The average Bonchev–Trinajstić information content (AvgIpc) is 2.85. The second-order valence-corrected chi connectivity index (χ2v) is 9.65. The van der Waals surface area contributed by atoms with E-state index in [0.29, 0.717) is 30.2 Å². The Hall–Kier alpha value is -3.07. The maximum atomic E-state index is 13.0. The van der Waals surface area contributed by atoms with Crippen LogP contribution in [0.5, 0.6) is 5.75 Å². The molecule has 1 amide bonds. The second-order valence-electron chi connectivity index (χ2n) is 9.65. The van der Waals surface area contributed by atoms with Crippen molar-refractivity contribution < 1.29 is 56.0 Å². The van der Waals surface area contributed by atoms with Crippen LogP contribution in [0.3, 0.4) is 0 Å². The molecule has 2 aliphatic heterocycles. The van der Waals surface area contributed by atoms with Crippen LogP contribution in [0.15, 0.2) is 24.3 Å². The van der Waals surface area contributed by atoms with Gasteiger partial charge >= 0.3 is 24.3 Å². The predicted octanol–water partition coefficient (Wildman–Crippen LogP) is 3.61. The Morgan fingerprint density at radius 2 is 1.48 bits per heavy atom. The van der Waals surface area contributed by atoms with Crippen molar-refractivity contribution >= 4 is 17.8 Å². The van der Waals surface area contributed by atoms with Gasteiger partial charge in [-0.25, -0.2) is 9.59 Å². The van der Waals surface area contributed by atoms with Crippen molar-refractivity contribution in [2.45, 2.75) is 63.0 Å². The number of carboxylic acids is 2. The molecule has 228 valence electrons. The van der Waals surface area contributed by atoms with E-state index in [2.05, 4.69) is 34.9 Å². The number of phenols is 1. The summed E-state index contributed by atoms with van der Waals surface area (Å²) in [7, 11) is 4.28. The number of phenolic OH excluding ortho intramolecular Hbond substituents is 1. The van der Waals surface area contributed by atoms with E-state index in [0.717, 1.165) is 57.4 Å². The summed E-state index contributed by atoms with van der Waals surface area (Å²) in [5, 5.41) is 23.9. The monoisotopic (exact) mass is 587 g/mol. The Morgan fingerprint density at radius 1 is 0.900 bits per heavy atom. The lowest BCUT2D eigenvalue weighted by Gasteiger charge is -2.40. The summed E-state index contributed by atoms with van der Waals surface area (Å²) in [6.07, 6.45) is -4.21. The van der Waals surface area contributed by atoms with Crippen LogP contribution in [0.25, 0.3) is 0 Å². The maximum absolute atomic E-state index is 13.0. The molecule has 0 spiro atoms. The van der Waals surface area contributed by atoms with Crippen molar-refractivity contribution in [3.05, 3.63) is 29.8 Å². The van der Waals surface area contributed by atoms with Gasteiger partial charge < -0.3 is 30.0 Å². The second kappa shape index (κ2) is 15.6. The lowest BCUT2D eigenvalue weighted by Crippen LogP contribution is -2.53. The fourth-order valence-electron chi connectivity index (χ4n) is 4.31. The molecule has 0 aromatic heterocycles. The number of carboxylic acid groups (broad SMARTS) is 2. The summed E-state index contributed by atoms with van der Waals surface area (Å²) < 4.78 is 63.5. The summed E-state index contributed by atoms with van der Waals surface area (Å²) in [5.74, 6) is -4.87. The third kappa shape index (κ3) is 12.9. The summed E-state index contributed by atoms with van der Waals surface area (Å²) in [6, 6.07) is 8.16. The van der Waals surface area contributed by atoms with Gasteiger partial charge in [0.1, 0.15) is 5.75 Å². The van der Waals surface area contributed by atoms with Crippen molar-refractivity contribution in [3.8, 4) is 5.75 Å². The summed E-state index contributed by atoms with van der Waals surface area (Å²) in [4.78, 5) is 37.6. The van der Waals surface area contributed by atoms with E-state index in [1.807, 2.05) is 12.1 Å². The first-order valence-corrected chi connectivity index (χ1v) is 12.5. The number of hydrogen-bond acceptors (Lipinski definition) is 6. The highest BCUT2D eigenvalue weighted by atomic mass is 19.4. The van der Waals surface area contributed by atoms with Crippen molar-refractivity contribution in [3.63, 3.8) is 0 Å². The predicted molar refractivity (Wildman–Crippen MR) is 132 cm³/mol. The third-order valence-corrected chi connectivity index (χ3v) is 6.50. The summed E-state index contributed by atoms with van der Waals surface area (Å²) in [5.41, 5.74) is 1.15. The standard InChI is InChI=1S/C21H33N3O2.2C2HF3O2/c1-22-12-13-23(2)19(16-22)15-21(26)24-11-4-3-7-18(24)10-9-17-6-5-8-20(25)14-17;2*3-2(4,5)1(6)7/h5-6,8,14,18-19,25H,3-4,7,9-13,15-16H2,1-2H3;2*(H,6,7). The van der Waals surface area contributed by atoms with Gasteiger partial charge in [0.25, 0.3) is 0 Å². The normalized spacial score (nSPS) is 20.4. The number of nitrogens with zero attached hydrogens (tertiary/aromatic N) is 3. The van der Waals surface area contributed by atoms with Crippen LogP contribution in [0.4, 0.5) is 26.3 Å². The molecule has 9 nitrogen and oxygen atoms in total. The quantitative estimate of drug-likeness (QED) is 0.447. The van der Waals surface area contributed by atoms with E-state index in [1.54, 1.807) is 6.07 Å². The summed E-state index contributed by atoms with van der Waals surface area (Å²) >= 11 is 0. The number of piperazine rings is 1. The molecule has 2 aliphatic rings. The van der Waals surface area contributed by atoms with Crippen LogP contribution < -0.4 is 0 Å². The molecule has 0 saturated carbocycles. The lowest BCUT2D eigenvalue weighted by molar-refractivity contribution is -0.193. The number of hydrogen-bond donors (Lipinski definition) is 3. The molecule has 1 aromatic carbocycles. The Labute approximate surface area is 228 Å². The number of carbonyl (C=O) groups is 3. The zero-order chi connectivity index (χ0) is 30.7. The number of likely N-dealkylation sites (N-methyl/N-ethyl adjacent to an activating group) is 2. The number of halogens is 6. The smallest absolute Gasteiger partial charge is 0.490 e. The molecule has 3 N–H and O–H groups in total. The first-order chi connectivity index (χ1) is 18.4. The zero-order valence-corrected chi connectivity index (χ0v) is 22.2. The topological polar surface area (TPSA) is 122 Å². The highest BCUT2D eigenvalue weighted by Gasteiger charge is 2.39. The highest BCUT2D eigenvalue weighted by Crippen LogP contribution is 2.24. The molecule has 2 atom stereocenters. The average molecular weight is 588 g/mol. The van der Waals surface area contributed by atoms with Gasteiger partial charge in [-0.1, -0.05) is 12.1 Å². The number of piperidine rings is 1. The van der Waals surface area contributed by atoms with Crippen molar-refractivity contribution in [1.29, 1.82) is 0 Å². The van der Waals surface area contributed by atoms with Crippen molar-refractivity contribution in [2.75, 3.05) is 40.3 Å². The van der Waals surface area contributed by atoms with Gasteiger partial charge in [-0.2, -0.15) is 26.3 Å². The molecular weight excluding hydrogens is 552 g/mol. The number of aliphatic carboxylic acids is 2. The number of amides is 1. The van der Waals surface area contributed by atoms with Crippen molar-refractivity contribution in [2.24, 2.45) is 0 Å². The zero-order valence-electron chi connectivity index (χ0n) is 22.2. The van der Waals surface area contributed by atoms with Gasteiger partial charge in [0.15, 0.2) is 0 Å². The minimum atomic E-state index is -5.08. The largest absolute Gasteiger partial charge is 0.508 e. The van der Waals surface area contributed by atoms with Gasteiger partial charge in [0, 0.05) is 44.7 Å². The number of alkyl halides is 6.